The molecule has 0 amide bonds. The van der Waals surface area contributed by atoms with Gasteiger partial charge in [0.05, 0.1) is 0 Å². The van der Waals surface area contributed by atoms with E-state index in [1.54, 1.807) is 11.1 Å². The van der Waals surface area contributed by atoms with Crippen molar-refractivity contribution in [3.05, 3.63) is 35.4 Å². The fourth-order valence-electron chi connectivity index (χ4n) is 3.22. The molecule has 15 heavy (non-hydrogen) atoms. The molecule has 1 heterocycles. The number of benzene rings is 1. The second kappa shape index (κ2) is 3.80. The molecule has 1 aliphatic heterocycles. The van der Waals surface area contributed by atoms with Crippen molar-refractivity contribution in [3.8, 4) is 0 Å². The largest absolute Gasteiger partial charge is 0.309 e. The summed E-state index contributed by atoms with van der Waals surface area (Å²) < 4.78 is 0. The molecule has 0 aromatic heterocycles. The van der Waals surface area contributed by atoms with Gasteiger partial charge < -0.3 is 5.32 Å². The van der Waals surface area contributed by atoms with Gasteiger partial charge in [-0.3, -0.25) is 0 Å². The third-order valence-corrected chi connectivity index (χ3v) is 3.93. The van der Waals surface area contributed by atoms with Gasteiger partial charge in [-0.1, -0.05) is 31.2 Å². The van der Waals surface area contributed by atoms with Gasteiger partial charge >= 0.3 is 0 Å². The van der Waals surface area contributed by atoms with Gasteiger partial charge in [-0.2, -0.15) is 0 Å². The van der Waals surface area contributed by atoms with Crippen LogP contribution in [0.25, 0.3) is 0 Å². The van der Waals surface area contributed by atoms with E-state index < -0.39 is 0 Å². The molecule has 0 spiro atoms. The normalized spacial score (nSPS) is 32.7. The first-order valence-corrected chi connectivity index (χ1v) is 5.61. The van der Waals surface area contributed by atoms with Crippen LogP contribution in [-0.4, -0.2) is 6.54 Å². The summed E-state index contributed by atoms with van der Waals surface area (Å²) >= 11 is 0. The second-order valence-corrected chi connectivity index (χ2v) is 5.02. The van der Waals surface area contributed by atoms with E-state index >= 15 is 0 Å². The van der Waals surface area contributed by atoms with Crippen LogP contribution in [0, 0.1) is 5.41 Å². The van der Waals surface area contributed by atoms with Crippen molar-refractivity contribution in [1.29, 1.82) is 0 Å². The van der Waals surface area contributed by atoms with Crippen molar-refractivity contribution in [1.82, 2.24) is 5.32 Å². The van der Waals surface area contributed by atoms with Gasteiger partial charge in [-0.25, -0.2) is 0 Å². The highest BCUT2D eigenvalue weighted by atomic mass is 35.5. The number of rotatable bonds is 0. The SMILES string of the molecule is CC12CCCNC1c1ccccc1C2.Cl. The van der Waals surface area contributed by atoms with Crippen LogP contribution in [0.2, 0.25) is 0 Å². The van der Waals surface area contributed by atoms with Crippen LogP contribution in [-0.2, 0) is 6.42 Å². The monoisotopic (exact) mass is 223 g/mol. The fraction of sp³-hybridized carbons (Fsp3) is 0.538. The summed E-state index contributed by atoms with van der Waals surface area (Å²) in [6.45, 7) is 3.62. The zero-order valence-electron chi connectivity index (χ0n) is 9.12. The fourth-order valence-corrected chi connectivity index (χ4v) is 3.22. The van der Waals surface area contributed by atoms with Gasteiger partial charge in [-0.05, 0) is 42.3 Å². The summed E-state index contributed by atoms with van der Waals surface area (Å²) in [7, 11) is 0. The minimum absolute atomic E-state index is 0. The van der Waals surface area contributed by atoms with Crippen LogP contribution in [0.5, 0.6) is 0 Å². The van der Waals surface area contributed by atoms with Crippen LogP contribution in [0.3, 0.4) is 0 Å². The Kier molecular flexibility index (Phi) is 2.78. The highest BCUT2D eigenvalue weighted by Gasteiger charge is 2.43. The zero-order chi connectivity index (χ0) is 9.60. The first-order chi connectivity index (χ1) is 6.80. The van der Waals surface area contributed by atoms with Gasteiger partial charge in [0.1, 0.15) is 0 Å². The van der Waals surface area contributed by atoms with Crippen LogP contribution in [0.1, 0.15) is 36.9 Å². The minimum Gasteiger partial charge on any atom is -0.309 e. The summed E-state index contributed by atoms with van der Waals surface area (Å²) in [5.74, 6) is 0. The summed E-state index contributed by atoms with van der Waals surface area (Å²) in [6.07, 6.45) is 3.97. The lowest BCUT2D eigenvalue weighted by atomic mass is 9.76. The quantitative estimate of drug-likeness (QED) is 0.713. The molecule has 1 aromatic rings. The van der Waals surface area contributed by atoms with Gasteiger partial charge in [0.15, 0.2) is 0 Å². The molecule has 0 saturated carbocycles. The lowest BCUT2D eigenvalue weighted by Crippen LogP contribution is -2.38. The van der Waals surface area contributed by atoms with E-state index in [1.165, 1.54) is 25.8 Å². The Labute approximate surface area is 97.7 Å². The predicted molar refractivity (Wildman–Crippen MR) is 65.5 cm³/mol. The van der Waals surface area contributed by atoms with E-state index in [1.807, 2.05) is 0 Å². The Hall–Kier alpha value is -0.530. The van der Waals surface area contributed by atoms with Crippen molar-refractivity contribution in [2.45, 2.75) is 32.2 Å². The highest BCUT2D eigenvalue weighted by Crippen LogP contribution is 2.49. The summed E-state index contributed by atoms with van der Waals surface area (Å²) in [5.41, 5.74) is 3.60. The molecule has 2 heteroatoms. The molecule has 0 bridgehead atoms. The average Bonchev–Trinajstić information content (AvgIpc) is 2.49. The maximum Gasteiger partial charge on any atom is 0.0380 e. The predicted octanol–water partition coefficient (Wildman–Crippen LogP) is 3.10. The Balaban J connectivity index is 0.000000853. The van der Waals surface area contributed by atoms with Gasteiger partial charge in [0, 0.05) is 6.04 Å². The van der Waals surface area contributed by atoms with E-state index in [0.717, 1.165) is 0 Å². The second-order valence-electron chi connectivity index (χ2n) is 5.02. The molecule has 2 unspecified atom stereocenters. The molecule has 1 fully saturated rings. The molecule has 82 valence electrons. The van der Waals surface area contributed by atoms with Crippen LogP contribution in [0.15, 0.2) is 24.3 Å². The van der Waals surface area contributed by atoms with E-state index in [0.29, 0.717) is 11.5 Å². The van der Waals surface area contributed by atoms with Gasteiger partial charge in [-0.15, -0.1) is 12.4 Å². The Morgan fingerprint density at radius 1 is 1.33 bits per heavy atom. The number of nitrogens with one attached hydrogen (secondary N) is 1. The standard InChI is InChI=1S/C13H17N.ClH/c1-13-7-4-8-14-12(13)11-6-3-2-5-10(11)9-13;/h2-3,5-6,12,14H,4,7-9H2,1H3;1H. The number of piperidine rings is 1. The van der Waals surface area contributed by atoms with E-state index in [4.69, 9.17) is 0 Å². The van der Waals surface area contributed by atoms with Crippen molar-refractivity contribution in [3.63, 3.8) is 0 Å². The van der Waals surface area contributed by atoms with E-state index in [2.05, 4.69) is 36.5 Å². The number of hydrogen-bond donors (Lipinski definition) is 1. The Morgan fingerprint density at radius 3 is 3.00 bits per heavy atom. The van der Waals surface area contributed by atoms with Crippen LogP contribution in [0.4, 0.5) is 0 Å². The van der Waals surface area contributed by atoms with Crippen LogP contribution < -0.4 is 5.32 Å². The van der Waals surface area contributed by atoms with Crippen molar-refractivity contribution in [2.24, 2.45) is 5.41 Å². The number of fused-ring (bicyclic) bond motifs is 3. The molecule has 2 atom stereocenters. The zero-order valence-corrected chi connectivity index (χ0v) is 9.94. The molecule has 1 aliphatic carbocycles. The highest BCUT2D eigenvalue weighted by molar-refractivity contribution is 5.85. The summed E-state index contributed by atoms with van der Waals surface area (Å²) in [4.78, 5) is 0. The first kappa shape index (κ1) is 11.0. The third-order valence-electron chi connectivity index (χ3n) is 3.93. The van der Waals surface area contributed by atoms with E-state index in [-0.39, 0.29) is 12.4 Å². The Morgan fingerprint density at radius 2 is 2.13 bits per heavy atom. The molecule has 1 N–H and O–H groups in total. The summed E-state index contributed by atoms with van der Waals surface area (Å²) in [6, 6.07) is 9.54. The van der Waals surface area contributed by atoms with Crippen molar-refractivity contribution >= 4 is 12.4 Å². The number of halogens is 1. The van der Waals surface area contributed by atoms with Gasteiger partial charge in [0.2, 0.25) is 0 Å². The van der Waals surface area contributed by atoms with Crippen molar-refractivity contribution < 1.29 is 0 Å². The molecule has 1 aromatic carbocycles. The first-order valence-electron chi connectivity index (χ1n) is 5.61. The minimum atomic E-state index is 0. The Bertz CT molecular complexity index is 363. The summed E-state index contributed by atoms with van der Waals surface area (Å²) in [5, 5.41) is 3.68. The lowest BCUT2D eigenvalue weighted by molar-refractivity contribution is 0.178. The smallest absolute Gasteiger partial charge is 0.0380 e. The van der Waals surface area contributed by atoms with Crippen LogP contribution >= 0.6 is 12.4 Å². The number of hydrogen-bond acceptors (Lipinski definition) is 1. The molecule has 3 rings (SSSR count). The average molecular weight is 224 g/mol. The third kappa shape index (κ3) is 1.58. The van der Waals surface area contributed by atoms with Gasteiger partial charge in [0.25, 0.3) is 0 Å². The molecular weight excluding hydrogens is 206 g/mol. The molecule has 1 nitrogen and oxygen atoms in total. The maximum absolute atomic E-state index is 3.68. The molecular formula is C13H18ClN. The molecule has 1 saturated heterocycles. The maximum atomic E-state index is 3.68. The van der Waals surface area contributed by atoms with Crippen molar-refractivity contribution in [2.75, 3.05) is 6.54 Å². The topological polar surface area (TPSA) is 12.0 Å². The molecule has 0 radical (unpaired) electrons. The molecule has 2 aliphatic rings. The lowest BCUT2D eigenvalue weighted by Gasteiger charge is -2.37. The van der Waals surface area contributed by atoms with E-state index in [9.17, 15) is 0 Å².